The maximum atomic E-state index is 12.1. The Hall–Kier alpha value is -4.70. The lowest BCUT2D eigenvalue weighted by Crippen LogP contribution is -2.24. The third-order valence-electron chi connectivity index (χ3n) is 8.37. The number of pyridine rings is 2. The number of carboxylic acids is 1. The topological polar surface area (TPSA) is 161 Å². The summed E-state index contributed by atoms with van der Waals surface area (Å²) < 4.78 is 51.0. The average molecular weight is 798 g/mol. The zero-order valence-electron chi connectivity index (χ0n) is 30.3. The largest absolute Gasteiger partial charge is 0.478 e. The molecule has 0 atom stereocenters. The molecule has 4 heterocycles. The van der Waals surface area contributed by atoms with Crippen LogP contribution in [0.5, 0.6) is 11.8 Å². The van der Waals surface area contributed by atoms with Gasteiger partial charge in [0.05, 0.1) is 24.3 Å². The van der Waals surface area contributed by atoms with E-state index in [0.717, 1.165) is 12.8 Å². The van der Waals surface area contributed by atoms with Crippen molar-refractivity contribution < 1.29 is 46.9 Å². The highest BCUT2D eigenvalue weighted by atomic mass is 35.5. The summed E-state index contributed by atoms with van der Waals surface area (Å²) in [5.74, 6) is 0.403. The van der Waals surface area contributed by atoms with E-state index in [-0.39, 0.29) is 21.4 Å². The number of carbonyl (C=O) groups is 3. The molecular formula is C36H41Cl2F3N6O7. The highest BCUT2D eigenvalue weighted by molar-refractivity contribution is 6.32. The summed E-state index contributed by atoms with van der Waals surface area (Å²) in [5, 5.41) is 17.6. The number of hydrogen-bond acceptors (Lipinski definition) is 10. The van der Waals surface area contributed by atoms with Gasteiger partial charge < -0.3 is 19.3 Å². The number of carbonyl (C=O) groups excluding carboxylic acids is 2. The van der Waals surface area contributed by atoms with Gasteiger partial charge in [0.1, 0.15) is 15.9 Å². The first-order chi connectivity index (χ1) is 25.2. The Morgan fingerprint density at radius 2 is 1.20 bits per heavy atom. The lowest BCUT2D eigenvalue weighted by Gasteiger charge is -2.19. The van der Waals surface area contributed by atoms with Gasteiger partial charge in [-0.2, -0.15) is 13.2 Å². The van der Waals surface area contributed by atoms with Crippen LogP contribution in [0, 0.1) is 10.8 Å². The van der Waals surface area contributed by atoms with Gasteiger partial charge in [0, 0.05) is 24.5 Å². The molecule has 0 unspecified atom stereocenters. The van der Waals surface area contributed by atoms with E-state index in [9.17, 15) is 22.8 Å². The molecule has 6 rings (SSSR count). The van der Waals surface area contributed by atoms with E-state index in [4.69, 9.17) is 47.3 Å². The van der Waals surface area contributed by atoms with Gasteiger partial charge in [0.2, 0.25) is 18.0 Å². The fraction of sp³-hybridized carbons (Fsp3) is 0.472. The first kappa shape index (κ1) is 42.0. The smallest absolute Gasteiger partial charge is 0.446 e. The number of carboxylic acid groups (broad SMARTS) is 1. The van der Waals surface area contributed by atoms with Crippen molar-refractivity contribution in [3.05, 3.63) is 70.2 Å². The van der Waals surface area contributed by atoms with Crippen LogP contribution in [0.1, 0.15) is 93.9 Å². The molecule has 0 bridgehead atoms. The molecule has 0 radical (unpaired) electrons. The lowest BCUT2D eigenvalue weighted by atomic mass is 10.1. The maximum Gasteiger partial charge on any atom is 0.446 e. The molecule has 4 aromatic heterocycles. The van der Waals surface area contributed by atoms with E-state index in [0.29, 0.717) is 47.4 Å². The van der Waals surface area contributed by atoms with Crippen molar-refractivity contribution >= 4 is 41.4 Å². The van der Waals surface area contributed by atoms with E-state index in [1.165, 1.54) is 36.4 Å². The number of esters is 1. The van der Waals surface area contributed by atoms with Crippen molar-refractivity contribution in [1.29, 1.82) is 0 Å². The van der Waals surface area contributed by atoms with Crippen LogP contribution in [-0.2, 0) is 9.53 Å². The second-order valence-electron chi connectivity index (χ2n) is 14.5. The summed E-state index contributed by atoms with van der Waals surface area (Å²) in [7, 11) is 0. The first-order valence-electron chi connectivity index (χ1n) is 16.9. The SMILES string of the molecule is CC1(CCOc2ccn(-c3ccc(C(=O)O)c(Cl)n3)n2)CC1.CC1(CCOc2ccn(-c3ccc(C(=O)OC(C)(C)C)c(Cl)n3)n2)CC1.O=CC(F)(F)F. The standard InChI is InChI=1S/C19H24ClN3O3.C15H16ClN3O3.C2HF3O/c1-18(2,3)26-17(24)13-5-6-14(21-16(13)20)23-11-7-15(22-23)25-12-10-19(4)8-9-19;1-15(5-6-15)7-9-22-12-4-8-19(18-12)11-3-2-10(14(20)21)13(16)17-11;3-2(4,5)1-6/h5-7,11H,8-10,12H2,1-4H3;2-4,8H,5-7,9H2,1H3,(H,20,21);1H. The van der Waals surface area contributed by atoms with Crippen molar-refractivity contribution in [2.45, 2.75) is 84.9 Å². The number of aldehydes is 1. The Bertz CT molecular complexity index is 1940. The molecule has 18 heteroatoms. The van der Waals surface area contributed by atoms with Crippen LogP contribution in [0.4, 0.5) is 13.2 Å². The molecule has 2 aliphatic carbocycles. The minimum Gasteiger partial charge on any atom is -0.478 e. The average Bonchev–Trinajstić information content (AvgIpc) is 3.84. The lowest BCUT2D eigenvalue weighted by molar-refractivity contribution is -0.156. The summed E-state index contributed by atoms with van der Waals surface area (Å²) in [6, 6.07) is 9.76. The number of nitrogens with zero attached hydrogens (tertiary/aromatic N) is 6. The van der Waals surface area contributed by atoms with Gasteiger partial charge in [-0.1, -0.05) is 37.0 Å². The van der Waals surface area contributed by atoms with Gasteiger partial charge in [0.15, 0.2) is 11.6 Å². The van der Waals surface area contributed by atoms with Crippen LogP contribution < -0.4 is 9.47 Å². The van der Waals surface area contributed by atoms with Crippen molar-refractivity contribution in [1.82, 2.24) is 29.5 Å². The Morgan fingerprint density at radius 1 is 0.796 bits per heavy atom. The predicted molar refractivity (Wildman–Crippen MR) is 192 cm³/mol. The van der Waals surface area contributed by atoms with Gasteiger partial charge in [0.25, 0.3) is 0 Å². The quantitative estimate of drug-likeness (QED) is 0.0833. The van der Waals surface area contributed by atoms with Crippen LogP contribution in [0.3, 0.4) is 0 Å². The second-order valence-corrected chi connectivity index (χ2v) is 15.2. The number of alkyl halides is 3. The molecule has 0 aromatic carbocycles. The van der Waals surface area contributed by atoms with Crippen LogP contribution in [0.25, 0.3) is 11.6 Å². The monoisotopic (exact) mass is 796 g/mol. The molecular weight excluding hydrogens is 756 g/mol. The van der Waals surface area contributed by atoms with E-state index in [1.807, 2.05) is 0 Å². The zero-order valence-corrected chi connectivity index (χ0v) is 31.8. The summed E-state index contributed by atoms with van der Waals surface area (Å²) in [6.07, 6.45) is 4.90. The fourth-order valence-corrected chi connectivity index (χ4v) is 4.96. The van der Waals surface area contributed by atoms with Crippen LogP contribution in [-0.4, -0.2) is 77.9 Å². The second kappa shape index (κ2) is 17.2. The number of aromatic nitrogens is 6. The summed E-state index contributed by atoms with van der Waals surface area (Å²) >= 11 is 12.0. The number of halogens is 5. The number of aromatic carboxylic acids is 1. The predicted octanol–water partition coefficient (Wildman–Crippen LogP) is 8.38. The molecule has 2 saturated carbocycles. The molecule has 4 aromatic rings. The highest BCUT2D eigenvalue weighted by Crippen LogP contribution is 2.48. The highest BCUT2D eigenvalue weighted by Gasteiger charge is 2.37. The van der Waals surface area contributed by atoms with Gasteiger partial charge >= 0.3 is 18.1 Å². The van der Waals surface area contributed by atoms with E-state index < -0.39 is 30.0 Å². The van der Waals surface area contributed by atoms with Crippen LogP contribution in [0.2, 0.25) is 10.3 Å². The van der Waals surface area contributed by atoms with E-state index >= 15 is 0 Å². The van der Waals surface area contributed by atoms with Gasteiger partial charge in [-0.05, 0) is 94.4 Å². The molecule has 13 nitrogen and oxygen atoms in total. The minimum absolute atomic E-state index is 0.0354. The third kappa shape index (κ3) is 13.3. The summed E-state index contributed by atoms with van der Waals surface area (Å²) in [6.45, 7) is 11.2. The maximum absolute atomic E-state index is 12.1. The first-order valence-corrected chi connectivity index (χ1v) is 17.6. The molecule has 0 spiro atoms. The number of ether oxygens (including phenoxy) is 3. The van der Waals surface area contributed by atoms with Crippen molar-refractivity contribution in [2.24, 2.45) is 10.8 Å². The van der Waals surface area contributed by atoms with Crippen molar-refractivity contribution in [2.75, 3.05) is 13.2 Å². The summed E-state index contributed by atoms with van der Waals surface area (Å²) in [5.41, 5.74) is 0.503. The fourth-order valence-electron chi connectivity index (χ4n) is 4.50. The van der Waals surface area contributed by atoms with E-state index in [1.54, 1.807) is 68.2 Å². The zero-order chi connectivity index (χ0) is 39.9. The van der Waals surface area contributed by atoms with Gasteiger partial charge in [-0.25, -0.2) is 28.9 Å². The molecule has 54 heavy (non-hydrogen) atoms. The van der Waals surface area contributed by atoms with Crippen molar-refractivity contribution in [3.63, 3.8) is 0 Å². The molecule has 0 amide bonds. The Labute approximate surface area is 319 Å². The number of rotatable bonds is 12. The summed E-state index contributed by atoms with van der Waals surface area (Å²) in [4.78, 5) is 40.0. The molecule has 292 valence electrons. The Kier molecular flexibility index (Phi) is 13.4. The molecule has 0 aliphatic heterocycles. The van der Waals surface area contributed by atoms with Crippen molar-refractivity contribution in [3.8, 4) is 23.4 Å². The molecule has 1 N–H and O–H groups in total. The van der Waals surface area contributed by atoms with Gasteiger partial charge in [-0.15, -0.1) is 10.2 Å². The molecule has 2 aliphatic rings. The van der Waals surface area contributed by atoms with Gasteiger partial charge in [-0.3, -0.25) is 4.79 Å². The van der Waals surface area contributed by atoms with Crippen LogP contribution in [0.15, 0.2) is 48.8 Å². The Balaban J connectivity index is 0.000000211. The Morgan fingerprint density at radius 3 is 1.54 bits per heavy atom. The third-order valence-corrected chi connectivity index (χ3v) is 8.94. The normalized spacial score (nSPS) is 15.1. The molecule has 0 saturated heterocycles. The number of hydrogen-bond donors (Lipinski definition) is 1. The van der Waals surface area contributed by atoms with Crippen LogP contribution >= 0.6 is 23.2 Å². The van der Waals surface area contributed by atoms with E-state index in [2.05, 4.69) is 34.0 Å². The minimum atomic E-state index is -4.64. The molecule has 2 fully saturated rings.